The Kier molecular flexibility index (Phi) is 2.33. The van der Waals surface area contributed by atoms with E-state index < -0.39 is 0 Å². The molecular weight excluding hydrogens is 224 g/mol. The molecule has 3 nitrogen and oxygen atoms in total. The molecule has 1 aliphatic carbocycles. The van der Waals surface area contributed by atoms with Crippen molar-refractivity contribution >= 4 is 11.1 Å². The van der Waals surface area contributed by atoms with Gasteiger partial charge in [-0.15, -0.1) is 0 Å². The topological polar surface area (TPSA) is 52.0 Å². The van der Waals surface area contributed by atoms with Gasteiger partial charge in [-0.3, -0.25) is 0 Å². The van der Waals surface area contributed by atoms with Crippen LogP contribution in [0, 0.1) is 0 Å². The first kappa shape index (κ1) is 11.7. The van der Waals surface area contributed by atoms with Crippen LogP contribution in [0.4, 0.5) is 0 Å². The number of hydrogen-bond acceptors (Lipinski definition) is 3. The van der Waals surface area contributed by atoms with Crippen LogP contribution in [0.15, 0.2) is 22.6 Å². The highest BCUT2D eigenvalue weighted by atomic mass is 16.3. The van der Waals surface area contributed by atoms with Gasteiger partial charge in [-0.2, -0.15) is 0 Å². The van der Waals surface area contributed by atoms with Crippen molar-refractivity contribution in [2.24, 2.45) is 5.73 Å². The summed E-state index contributed by atoms with van der Waals surface area (Å²) in [4.78, 5) is 4.65. The molecule has 2 N–H and O–H groups in total. The van der Waals surface area contributed by atoms with Gasteiger partial charge in [-0.25, -0.2) is 4.98 Å². The van der Waals surface area contributed by atoms with Gasteiger partial charge in [0.2, 0.25) is 5.89 Å². The molecule has 1 heterocycles. The highest BCUT2D eigenvalue weighted by Gasteiger charge is 2.47. The van der Waals surface area contributed by atoms with Gasteiger partial charge in [0.15, 0.2) is 5.58 Å². The quantitative estimate of drug-likeness (QED) is 0.883. The Morgan fingerprint density at radius 1 is 1.33 bits per heavy atom. The molecule has 1 aromatic carbocycles. The van der Waals surface area contributed by atoms with E-state index in [9.17, 15) is 0 Å². The van der Waals surface area contributed by atoms with Crippen molar-refractivity contribution in [3.63, 3.8) is 0 Å². The van der Waals surface area contributed by atoms with Gasteiger partial charge in [-0.1, -0.05) is 26.8 Å². The first-order chi connectivity index (χ1) is 8.44. The van der Waals surface area contributed by atoms with Crippen LogP contribution in [0.5, 0.6) is 0 Å². The van der Waals surface area contributed by atoms with Gasteiger partial charge in [0.05, 0.1) is 5.41 Å². The lowest BCUT2D eigenvalue weighted by molar-refractivity contribution is 0.462. The molecule has 0 atom stereocenters. The molecule has 3 rings (SSSR count). The van der Waals surface area contributed by atoms with Crippen molar-refractivity contribution in [1.82, 2.24) is 4.98 Å². The van der Waals surface area contributed by atoms with E-state index in [0.29, 0.717) is 6.54 Å². The van der Waals surface area contributed by atoms with Crippen LogP contribution in [-0.4, -0.2) is 11.5 Å². The van der Waals surface area contributed by atoms with Crippen molar-refractivity contribution in [2.45, 2.75) is 44.4 Å². The summed E-state index contributed by atoms with van der Waals surface area (Å²) in [7, 11) is 0. The van der Waals surface area contributed by atoms with Gasteiger partial charge < -0.3 is 10.2 Å². The number of benzene rings is 1. The zero-order valence-electron chi connectivity index (χ0n) is 11.3. The van der Waals surface area contributed by atoms with Gasteiger partial charge >= 0.3 is 0 Å². The maximum absolute atomic E-state index is 5.86. The molecule has 0 unspecified atom stereocenters. The second-order valence-corrected chi connectivity index (χ2v) is 6.44. The molecular formula is C15H20N2O. The predicted molar refractivity (Wildman–Crippen MR) is 72.7 cm³/mol. The maximum atomic E-state index is 5.86. The van der Waals surface area contributed by atoms with E-state index in [2.05, 4.69) is 37.9 Å². The van der Waals surface area contributed by atoms with Crippen LogP contribution < -0.4 is 5.73 Å². The highest BCUT2D eigenvalue weighted by Crippen LogP contribution is 2.47. The molecule has 1 aliphatic rings. The summed E-state index contributed by atoms with van der Waals surface area (Å²) >= 11 is 0. The summed E-state index contributed by atoms with van der Waals surface area (Å²) in [6.45, 7) is 7.25. The Bertz CT molecular complexity index is 588. The van der Waals surface area contributed by atoms with E-state index in [1.54, 1.807) is 0 Å². The summed E-state index contributed by atoms with van der Waals surface area (Å²) in [5.74, 6) is 0.825. The third kappa shape index (κ3) is 1.74. The molecule has 0 spiro atoms. The molecule has 18 heavy (non-hydrogen) atoms. The molecule has 96 valence electrons. The Balaban J connectivity index is 2.08. The third-order valence-corrected chi connectivity index (χ3v) is 3.95. The van der Waals surface area contributed by atoms with E-state index in [1.165, 1.54) is 5.56 Å². The van der Waals surface area contributed by atoms with Crippen molar-refractivity contribution < 1.29 is 4.42 Å². The fourth-order valence-corrected chi connectivity index (χ4v) is 2.28. The highest BCUT2D eigenvalue weighted by molar-refractivity contribution is 5.74. The second-order valence-electron chi connectivity index (χ2n) is 6.44. The van der Waals surface area contributed by atoms with Crippen LogP contribution in [-0.2, 0) is 10.8 Å². The standard InChI is InChI=1S/C15H20N2O/c1-14(2,3)10-4-5-12-11(8-10)17-13(18-12)15(9-16)6-7-15/h4-5,8H,6-7,9,16H2,1-3H3. The Morgan fingerprint density at radius 2 is 2.06 bits per heavy atom. The second kappa shape index (κ2) is 3.58. The molecule has 1 fully saturated rings. The average Bonchev–Trinajstić information content (AvgIpc) is 3.00. The zero-order valence-corrected chi connectivity index (χ0v) is 11.3. The monoisotopic (exact) mass is 244 g/mol. The molecule has 0 aliphatic heterocycles. The van der Waals surface area contributed by atoms with Crippen molar-refractivity contribution in [3.8, 4) is 0 Å². The van der Waals surface area contributed by atoms with Crippen molar-refractivity contribution in [3.05, 3.63) is 29.7 Å². The largest absolute Gasteiger partial charge is 0.440 e. The number of nitrogens with zero attached hydrogens (tertiary/aromatic N) is 1. The van der Waals surface area contributed by atoms with Crippen LogP contribution >= 0.6 is 0 Å². The summed E-state index contributed by atoms with van der Waals surface area (Å²) in [5.41, 5.74) is 9.10. The summed E-state index contributed by atoms with van der Waals surface area (Å²) in [5, 5.41) is 0. The first-order valence-corrected chi connectivity index (χ1v) is 6.56. The number of fused-ring (bicyclic) bond motifs is 1. The fourth-order valence-electron chi connectivity index (χ4n) is 2.28. The number of hydrogen-bond donors (Lipinski definition) is 1. The van der Waals surface area contributed by atoms with Gasteiger partial charge in [0, 0.05) is 6.54 Å². The molecule has 1 aromatic heterocycles. The Labute approximate surface area is 107 Å². The van der Waals surface area contributed by atoms with E-state index in [4.69, 9.17) is 10.2 Å². The van der Waals surface area contributed by atoms with E-state index in [1.807, 2.05) is 6.07 Å². The minimum atomic E-state index is 0.0287. The van der Waals surface area contributed by atoms with Gasteiger partial charge in [0.1, 0.15) is 5.52 Å². The Morgan fingerprint density at radius 3 is 2.61 bits per heavy atom. The smallest absolute Gasteiger partial charge is 0.202 e. The summed E-state index contributed by atoms with van der Waals surface area (Å²) in [6, 6.07) is 6.28. The van der Waals surface area contributed by atoms with Crippen LogP contribution in [0.3, 0.4) is 0 Å². The maximum Gasteiger partial charge on any atom is 0.202 e. The van der Waals surface area contributed by atoms with E-state index in [0.717, 1.165) is 29.8 Å². The van der Waals surface area contributed by atoms with Gasteiger partial charge in [-0.05, 0) is 36.0 Å². The minimum absolute atomic E-state index is 0.0287. The Hall–Kier alpha value is -1.35. The average molecular weight is 244 g/mol. The predicted octanol–water partition coefficient (Wildman–Crippen LogP) is 3.12. The lowest BCUT2D eigenvalue weighted by Gasteiger charge is -2.18. The molecule has 3 heteroatoms. The number of nitrogens with two attached hydrogens (primary N) is 1. The van der Waals surface area contributed by atoms with Gasteiger partial charge in [0.25, 0.3) is 0 Å². The first-order valence-electron chi connectivity index (χ1n) is 6.56. The molecule has 0 bridgehead atoms. The van der Waals surface area contributed by atoms with Crippen LogP contribution in [0.25, 0.3) is 11.1 Å². The molecule has 1 saturated carbocycles. The summed E-state index contributed by atoms with van der Waals surface area (Å²) in [6.07, 6.45) is 2.20. The number of oxazole rings is 1. The van der Waals surface area contributed by atoms with Crippen LogP contribution in [0.1, 0.15) is 45.1 Å². The molecule has 0 amide bonds. The lowest BCUT2D eigenvalue weighted by Crippen LogP contribution is -2.19. The molecule has 2 aromatic rings. The van der Waals surface area contributed by atoms with E-state index >= 15 is 0 Å². The third-order valence-electron chi connectivity index (χ3n) is 3.95. The van der Waals surface area contributed by atoms with Crippen molar-refractivity contribution in [1.29, 1.82) is 0 Å². The van der Waals surface area contributed by atoms with Crippen molar-refractivity contribution in [2.75, 3.05) is 6.54 Å². The normalized spacial score (nSPS) is 18.2. The number of rotatable bonds is 2. The number of aromatic nitrogens is 1. The zero-order chi connectivity index (χ0) is 13.0. The molecule has 0 radical (unpaired) electrons. The minimum Gasteiger partial charge on any atom is -0.440 e. The van der Waals surface area contributed by atoms with E-state index in [-0.39, 0.29) is 10.8 Å². The van der Waals surface area contributed by atoms with Crippen LogP contribution in [0.2, 0.25) is 0 Å². The molecule has 0 saturated heterocycles. The fraction of sp³-hybridized carbons (Fsp3) is 0.533. The lowest BCUT2D eigenvalue weighted by atomic mass is 9.87. The SMILES string of the molecule is CC(C)(C)c1ccc2oc(C3(CN)CC3)nc2c1. The summed E-state index contributed by atoms with van der Waals surface area (Å²) < 4.78 is 5.86.